The lowest BCUT2D eigenvalue weighted by molar-refractivity contribution is 0.00578. The Labute approximate surface area is 103 Å². The summed E-state index contributed by atoms with van der Waals surface area (Å²) in [5.41, 5.74) is 0.224. The van der Waals surface area contributed by atoms with Crippen molar-refractivity contribution in [1.82, 2.24) is 0 Å². The molecule has 0 aromatic heterocycles. The second-order valence-corrected chi connectivity index (χ2v) is 7.96. The molecule has 2 rings (SSSR count). The lowest BCUT2D eigenvalue weighted by Gasteiger charge is -2.32. The first kappa shape index (κ1) is 13.1. The van der Waals surface area contributed by atoms with E-state index in [9.17, 15) is 8.42 Å². The smallest absolute Gasteiger partial charge is 0.400 e. The van der Waals surface area contributed by atoms with Gasteiger partial charge in [0.2, 0.25) is 0 Å². The molecule has 0 unspecified atom stereocenters. The molecule has 0 bridgehead atoms. The van der Waals surface area contributed by atoms with Gasteiger partial charge in [0.1, 0.15) is 0 Å². The highest BCUT2D eigenvalue weighted by molar-refractivity contribution is 7.91. The van der Waals surface area contributed by atoms with Gasteiger partial charge >= 0.3 is 7.12 Å². The van der Waals surface area contributed by atoms with Crippen molar-refractivity contribution in [2.24, 2.45) is 0 Å². The molecule has 0 atom stereocenters. The van der Waals surface area contributed by atoms with E-state index in [1.807, 2.05) is 27.7 Å². The van der Waals surface area contributed by atoms with Crippen LogP contribution < -0.4 is 0 Å². The molecule has 0 amide bonds. The van der Waals surface area contributed by atoms with E-state index in [0.29, 0.717) is 6.42 Å². The van der Waals surface area contributed by atoms with Crippen LogP contribution in [0.2, 0.25) is 0 Å². The van der Waals surface area contributed by atoms with Crippen LogP contribution in [-0.2, 0) is 19.1 Å². The highest BCUT2D eigenvalue weighted by Gasteiger charge is 2.52. The molecule has 0 radical (unpaired) electrons. The standard InChI is InChI=1S/C11H19BO4S/c1-10(2)11(3,4)16-12(15-10)9-5-7-17(13,14)8-6-9/h5H,6-8H2,1-4H3. The van der Waals surface area contributed by atoms with Crippen LogP contribution in [0.25, 0.3) is 0 Å². The summed E-state index contributed by atoms with van der Waals surface area (Å²) >= 11 is 0. The number of hydrogen-bond acceptors (Lipinski definition) is 4. The monoisotopic (exact) mass is 258 g/mol. The summed E-state index contributed by atoms with van der Waals surface area (Å²) in [6.07, 6.45) is 2.25. The summed E-state index contributed by atoms with van der Waals surface area (Å²) < 4.78 is 34.5. The van der Waals surface area contributed by atoms with Crippen molar-refractivity contribution in [2.45, 2.75) is 45.3 Å². The molecule has 1 saturated heterocycles. The zero-order chi connectivity index (χ0) is 12.9. The summed E-state index contributed by atoms with van der Waals surface area (Å²) in [6.45, 7) is 7.97. The molecular weight excluding hydrogens is 239 g/mol. The van der Waals surface area contributed by atoms with Gasteiger partial charge in [-0.2, -0.15) is 0 Å². The maximum atomic E-state index is 11.3. The second-order valence-electron chi connectivity index (χ2n) is 5.73. The van der Waals surface area contributed by atoms with E-state index in [2.05, 4.69) is 0 Å². The number of rotatable bonds is 1. The van der Waals surface area contributed by atoms with Gasteiger partial charge < -0.3 is 9.31 Å². The molecule has 0 N–H and O–H groups in total. The minimum Gasteiger partial charge on any atom is -0.400 e. The van der Waals surface area contributed by atoms with Crippen molar-refractivity contribution < 1.29 is 17.7 Å². The Kier molecular flexibility index (Phi) is 2.96. The zero-order valence-electron chi connectivity index (χ0n) is 10.8. The summed E-state index contributed by atoms with van der Waals surface area (Å²) in [6, 6.07) is 0. The van der Waals surface area contributed by atoms with Crippen LogP contribution in [0.3, 0.4) is 0 Å². The van der Waals surface area contributed by atoms with Gasteiger partial charge in [0.05, 0.1) is 22.7 Å². The molecule has 0 spiro atoms. The topological polar surface area (TPSA) is 52.6 Å². The Morgan fingerprint density at radius 1 is 1.18 bits per heavy atom. The molecule has 4 nitrogen and oxygen atoms in total. The first-order valence-corrected chi connectivity index (χ1v) is 7.70. The molecule has 2 heterocycles. The van der Waals surface area contributed by atoms with E-state index in [0.717, 1.165) is 5.47 Å². The summed E-state index contributed by atoms with van der Waals surface area (Å²) in [4.78, 5) is 0. The Bertz CT molecular complexity index is 434. The van der Waals surface area contributed by atoms with Gasteiger partial charge in [-0.15, -0.1) is 0 Å². The van der Waals surface area contributed by atoms with E-state index < -0.39 is 17.0 Å². The van der Waals surface area contributed by atoms with Crippen molar-refractivity contribution in [2.75, 3.05) is 11.5 Å². The fourth-order valence-corrected chi connectivity index (χ4v) is 3.08. The van der Waals surface area contributed by atoms with Crippen LogP contribution >= 0.6 is 0 Å². The van der Waals surface area contributed by atoms with E-state index in [1.165, 1.54) is 0 Å². The molecule has 2 aliphatic rings. The van der Waals surface area contributed by atoms with E-state index in [4.69, 9.17) is 9.31 Å². The maximum Gasteiger partial charge on any atom is 0.490 e. The average molecular weight is 258 g/mol. The van der Waals surface area contributed by atoms with Gasteiger partial charge in [0.25, 0.3) is 0 Å². The van der Waals surface area contributed by atoms with E-state index >= 15 is 0 Å². The molecule has 0 saturated carbocycles. The van der Waals surface area contributed by atoms with Gasteiger partial charge in [0, 0.05) is 0 Å². The Hall–Kier alpha value is -0.325. The van der Waals surface area contributed by atoms with Crippen molar-refractivity contribution in [1.29, 1.82) is 0 Å². The molecule has 0 aromatic carbocycles. The fraction of sp³-hybridized carbons (Fsp3) is 0.818. The van der Waals surface area contributed by atoms with Crippen molar-refractivity contribution in [3.63, 3.8) is 0 Å². The average Bonchev–Trinajstić information content (AvgIpc) is 2.35. The predicted molar refractivity (Wildman–Crippen MR) is 67.4 cm³/mol. The van der Waals surface area contributed by atoms with Crippen LogP contribution in [0.1, 0.15) is 34.1 Å². The minimum absolute atomic E-state index is 0.104. The Morgan fingerprint density at radius 2 is 1.71 bits per heavy atom. The molecule has 96 valence electrons. The van der Waals surface area contributed by atoms with Gasteiger partial charge in [-0.05, 0) is 39.6 Å². The van der Waals surface area contributed by atoms with Gasteiger partial charge in [-0.1, -0.05) is 6.08 Å². The lowest BCUT2D eigenvalue weighted by Crippen LogP contribution is -2.41. The highest BCUT2D eigenvalue weighted by Crippen LogP contribution is 2.39. The van der Waals surface area contributed by atoms with Crippen LogP contribution in [0.15, 0.2) is 11.5 Å². The third kappa shape index (κ3) is 2.44. The molecular formula is C11H19BO4S. The van der Waals surface area contributed by atoms with Crippen LogP contribution in [0.4, 0.5) is 0 Å². The molecule has 1 fully saturated rings. The van der Waals surface area contributed by atoms with Gasteiger partial charge in [-0.3, -0.25) is 0 Å². The van der Waals surface area contributed by atoms with E-state index in [-0.39, 0.29) is 22.7 Å². The molecule has 2 aliphatic heterocycles. The molecule has 0 aromatic rings. The van der Waals surface area contributed by atoms with E-state index in [1.54, 1.807) is 6.08 Å². The van der Waals surface area contributed by atoms with Crippen molar-refractivity contribution >= 4 is 17.0 Å². The molecule has 17 heavy (non-hydrogen) atoms. The lowest BCUT2D eigenvalue weighted by atomic mass is 9.76. The minimum atomic E-state index is -2.89. The maximum absolute atomic E-state index is 11.3. The normalized spacial score (nSPS) is 30.1. The molecule has 6 heteroatoms. The highest BCUT2D eigenvalue weighted by atomic mass is 32.2. The quantitative estimate of drug-likeness (QED) is 0.666. The molecule has 0 aliphatic carbocycles. The first-order valence-electron chi connectivity index (χ1n) is 5.88. The Morgan fingerprint density at radius 3 is 2.12 bits per heavy atom. The summed E-state index contributed by atoms with van der Waals surface area (Å²) in [5.74, 6) is 0.301. The first-order chi connectivity index (χ1) is 7.63. The fourth-order valence-electron chi connectivity index (χ4n) is 1.90. The number of sulfone groups is 1. The van der Waals surface area contributed by atoms with Crippen LogP contribution in [-0.4, -0.2) is 38.2 Å². The number of hydrogen-bond donors (Lipinski definition) is 0. The van der Waals surface area contributed by atoms with Crippen molar-refractivity contribution in [3.8, 4) is 0 Å². The van der Waals surface area contributed by atoms with Crippen LogP contribution in [0, 0.1) is 0 Å². The number of allylic oxidation sites excluding steroid dienone is 1. The predicted octanol–water partition coefficient (Wildman–Crippen LogP) is 1.36. The van der Waals surface area contributed by atoms with Gasteiger partial charge in [-0.25, -0.2) is 8.42 Å². The third-order valence-corrected chi connectivity index (χ3v) is 5.36. The van der Waals surface area contributed by atoms with Gasteiger partial charge in [0.15, 0.2) is 9.84 Å². The third-order valence-electron chi connectivity index (χ3n) is 3.86. The van der Waals surface area contributed by atoms with Crippen molar-refractivity contribution in [3.05, 3.63) is 11.5 Å². The second kappa shape index (κ2) is 3.83. The zero-order valence-corrected chi connectivity index (χ0v) is 11.6. The SMILES string of the molecule is CC1(C)OB(C2=CCS(=O)(=O)CC2)OC1(C)C. The Balaban J connectivity index is 2.15. The summed E-state index contributed by atoms with van der Waals surface area (Å²) in [7, 11) is -3.28. The van der Waals surface area contributed by atoms with Crippen LogP contribution in [0.5, 0.6) is 0 Å². The largest absolute Gasteiger partial charge is 0.490 e. The summed E-state index contributed by atoms with van der Waals surface area (Å²) in [5, 5.41) is 0.